The van der Waals surface area contributed by atoms with E-state index < -0.39 is 0 Å². The predicted molar refractivity (Wildman–Crippen MR) is 101 cm³/mol. The van der Waals surface area contributed by atoms with Crippen LogP contribution in [-0.2, 0) is 6.54 Å². The average Bonchev–Trinajstić information content (AvgIpc) is 3.05. The van der Waals surface area contributed by atoms with Crippen molar-refractivity contribution in [3.63, 3.8) is 0 Å². The van der Waals surface area contributed by atoms with E-state index in [-0.39, 0.29) is 24.0 Å². The third kappa shape index (κ3) is 4.80. The molecule has 1 unspecified atom stereocenters. The van der Waals surface area contributed by atoms with Gasteiger partial charge < -0.3 is 14.7 Å². The number of guanidine groups is 1. The van der Waals surface area contributed by atoms with Crippen LogP contribution in [0.25, 0.3) is 0 Å². The molecule has 4 heterocycles. The van der Waals surface area contributed by atoms with Gasteiger partial charge >= 0.3 is 0 Å². The van der Waals surface area contributed by atoms with Crippen LogP contribution in [0.5, 0.6) is 0 Å². The number of aromatic nitrogens is 1. The lowest BCUT2D eigenvalue weighted by molar-refractivity contribution is 0.0173. The smallest absolute Gasteiger partial charge is 0.194 e. The van der Waals surface area contributed by atoms with E-state index >= 15 is 0 Å². The molecule has 0 spiro atoms. The van der Waals surface area contributed by atoms with Crippen LogP contribution in [-0.4, -0.2) is 84.7 Å². The van der Waals surface area contributed by atoms with Crippen LogP contribution in [0.2, 0.25) is 0 Å². The fraction of sp³-hybridized carbons (Fsp3) is 0.733. The second kappa shape index (κ2) is 8.84. The van der Waals surface area contributed by atoms with Crippen LogP contribution in [0.15, 0.2) is 21.8 Å². The molecule has 3 fully saturated rings. The van der Waals surface area contributed by atoms with Crippen LogP contribution < -0.4 is 5.32 Å². The lowest BCUT2D eigenvalue weighted by Gasteiger charge is -2.47. The van der Waals surface area contributed by atoms with E-state index in [2.05, 4.69) is 32.1 Å². The molecule has 0 aromatic carbocycles. The summed E-state index contributed by atoms with van der Waals surface area (Å²) in [5.41, 5.74) is 0.916. The zero-order chi connectivity index (χ0) is 15.4. The third-order valence-corrected chi connectivity index (χ3v) is 4.43. The minimum Gasteiger partial charge on any atom is -0.364 e. The van der Waals surface area contributed by atoms with Gasteiger partial charge in [0, 0.05) is 58.4 Å². The zero-order valence-corrected chi connectivity index (χ0v) is 16.3. The van der Waals surface area contributed by atoms with Crippen molar-refractivity contribution in [1.29, 1.82) is 0 Å². The molecule has 0 saturated carbocycles. The molecule has 2 bridgehead atoms. The quantitative estimate of drug-likeness (QED) is 0.418. The summed E-state index contributed by atoms with van der Waals surface area (Å²) in [5, 5.41) is 7.33. The van der Waals surface area contributed by atoms with Gasteiger partial charge in [-0.2, -0.15) is 0 Å². The summed E-state index contributed by atoms with van der Waals surface area (Å²) in [7, 11) is 2.03. The van der Waals surface area contributed by atoms with Crippen molar-refractivity contribution in [3.05, 3.63) is 18.0 Å². The number of hydrogen-bond donors (Lipinski definition) is 1. The summed E-state index contributed by atoms with van der Waals surface area (Å²) in [4.78, 5) is 12.1. The van der Waals surface area contributed by atoms with Gasteiger partial charge in [0.15, 0.2) is 5.96 Å². The lowest BCUT2D eigenvalue weighted by atomic mass is 10.1. The Morgan fingerprint density at radius 3 is 2.78 bits per heavy atom. The number of halogens is 1. The maximum absolute atomic E-state index is 4.89. The van der Waals surface area contributed by atoms with Crippen LogP contribution in [0.4, 0.5) is 0 Å². The molecule has 3 saturated heterocycles. The molecule has 8 heteroatoms. The van der Waals surface area contributed by atoms with Crippen molar-refractivity contribution >= 4 is 29.9 Å². The fourth-order valence-corrected chi connectivity index (χ4v) is 3.20. The van der Waals surface area contributed by atoms with Gasteiger partial charge in [-0.15, -0.1) is 24.0 Å². The predicted octanol–water partition coefficient (Wildman–Crippen LogP) is 0.690. The first kappa shape index (κ1) is 18.5. The van der Waals surface area contributed by atoms with Crippen molar-refractivity contribution in [1.82, 2.24) is 25.2 Å². The van der Waals surface area contributed by atoms with E-state index in [4.69, 9.17) is 9.52 Å². The highest BCUT2D eigenvalue weighted by molar-refractivity contribution is 14.0. The molecule has 3 aliphatic rings. The molecule has 0 amide bonds. The van der Waals surface area contributed by atoms with Gasteiger partial charge in [0.2, 0.25) is 0 Å². The molecule has 3 aliphatic heterocycles. The molecule has 1 N–H and O–H groups in total. The second-order valence-corrected chi connectivity index (χ2v) is 6.03. The summed E-state index contributed by atoms with van der Waals surface area (Å²) in [6.07, 6.45) is 1.60. The first-order valence-electron chi connectivity index (χ1n) is 8.11. The molecule has 1 atom stereocenters. The van der Waals surface area contributed by atoms with Gasteiger partial charge in [-0.1, -0.05) is 5.16 Å². The fourth-order valence-electron chi connectivity index (χ4n) is 3.20. The number of hydrogen-bond acceptors (Lipinski definition) is 5. The molecular weight excluding hydrogens is 407 g/mol. The maximum Gasteiger partial charge on any atom is 0.194 e. The van der Waals surface area contributed by atoms with Crippen molar-refractivity contribution < 1.29 is 4.52 Å². The van der Waals surface area contributed by atoms with Gasteiger partial charge in [0.1, 0.15) is 12.0 Å². The summed E-state index contributed by atoms with van der Waals surface area (Å²) < 4.78 is 4.89. The van der Waals surface area contributed by atoms with Crippen molar-refractivity contribution in [2.24, 2.45) is 4.99 Å². The number of piperazine rings is 3. The number of nitrogens with one attached hydrogen (secondary N) is 1. The van der Waals surface area contributed by atoms with Crippen molar-refractivity contribution in [2.45, 2.75) is 19.5 Å². The third-order valence-electron chi connectivity index (χ3n) is 4.43. The van der Waals surface area contributed by atoms with Gasteiger partial charge in [0.25, 0.3) is 0 Å². The monoisotopic (exact) mass is 434 g/mol. The summed E-state index contributed by atoms with van der Waals surface area (Å²) in [6.45, 7) is 10.5. The molecule has 0 radical (unpaired) electrons. The molecule has 0 aliphatic carbocycles. The minimum absolute atomic E-state index is 0. The maximum atomic E-state index is 4.89. The first-order chi connectivity index (χ1) is 10.8. The molecule has 7 nitrogen and oxygen atoms in total. The van der Waals surface area contributed by atoms with Crippen molar-refractivity contribution in [2.75, 3.05) is 52.9 Å². The Labute approximate surface area is 155 Å². The molecule has 1 aromatic heterocycles. The molecular formula is C15H27IN6O. The number of aliphatic imine (C=N–C) groups is 1. The van der Waals surface area contributed by atoms with Gasteiger partial charge in [-0.05, 0) is 6.92 Å². The Kier molecular flexibility index (Phi) is 7.09. The molecule has 1 aromatic rings. The first-order valence-corrected chi connectivity index (χ1v) is 8.11. The average molecular weight is 434 g/mol. The van der Waals surface area contributed by atoms with E-state index in [9.17, 15) is 0 Å². The second-order valence-electron chi connectivity index (χ2n) is 6.03. The van der Waals surface area contributed by atoms with Gasteiger partial charge in [-0.25, -0.2) is 0 Å². The Bertz CT molecular complexity index is 486. The highest BCUT2D eigenvalue weighted by Crippen LogP contribution is 2.15. The van der Waals surface area contributed by atoms with Crippen LogP contribution in [0.1, 0.15) is 12.6 Å². The van der Waals surface area contributed by atoms with Crippen LogP contribution in [0, 0.1) is 0 Å². The minimum atomic E-state index is 0. The number of rotatable bonds is 5. The lowest BCUT2D eigenvalue weighted by Crippen LogP contribution is -2.62. The normalized spacial score (nSPS) is 26.7. The standard InChI is InChI=1S/C15H26N6O.HI/c1-3-16-15(19(2)11-13-4-9-22-18-13)17-10-14-12-20-5-7-21(14)8-6-20;/h4,9,14H,3,5-8,10-12H2,1-2H3,(H,16,17);1H. The Hall–Kier alpha value is -0.870. The van der Waals surface area contributed by atoms with E-state index in [1.54, 1.807) is 6.26 Å². The van der Waals surface area contributed by atoms with E-state index in [1.165, 1.54) is 26.2 Å². The topological polar surface area (TPSA) is 60.1 Å². The summed E-state index contributed by atoms with van der Waals surface area (Å²) in [6, 6.07) is 2.44. The SMILES string of the molecule is CCNC(=NCC1CN2CCN1CC2)N(C)Cc1ccon1.I. The molecule has 130 valence electrons. The number of fused-ring (bicyclic) bond motifs is 3. The van der Waals surface area contributed by atoms with E-state index in [0.29, 0.717) is 12.6 Å². The summed E-state index contributed by atoms with van der Waals surface area (Å²) >= 11 is 0. The summed E-state index contributed by atoms with van der Waals surface area (Å²) in [5.74, 6) is 0.933. The highest BCUT2D eigenvalue weighted by atomic mass is 127. The van der Waals surface area contributed by atoms with E-state index in [1.807, 2.05) is 13.1 Å². The van der Waals surface area contributed by atoms with Crippen LogP contribution >= 0.6 is 24.0 Å². The van der Waals surface area contributed by atoms with E-state index in [0.717, 1.165) is 31.3 Å². The van der Waals surface area contributed by atoms with Gasteiger partial charge in [0.05, 0.1) is 13.1 Å². The molecule has 23 heavy (non-hydrogen) atoms. The molecule has 4 rings (SSSR count). The highest BCUT2D eigenvalue weighted by Gasteiger charge is 2.31. The van der Waals surface area contributed by atoms with Gasteiger partial charge in [-0.3, -0.25) is 14.8 Å². The Morgan fingerprint density at radius 1 is 1.43 bits per heavy atom. The Balaban J connectivity index is 0.00000192. The Morgan fingerprint density at radius 2 is 2.22 bits per heavy atom. The van der Waals surface area contributed by atoms with Crippen molar-refractivity contribution in [3.8, 4) is 0 Å². The number of nitrogens with zero attached hydrogens (tertiary/aromatic N) is 5. The van der Waals surface area contributed by atoms with Crippen LogP contribution in [0.3, 0.4) is 0 Å². The zero-order valence-electron chi connectivity index (χ0n) is 13.9. The largest absolute Gasteiger partial charge is 0.364 e.